The topological polar surface area (TPSA) is 15.3 Å². The van der Waals surface area contributed by atoms with Gasteiger partial charge in [0.15, 0.2) is 0 Å². The van der Waals surface area contributed by atoms with Gasteiger partial charge in [-0.3, -0.25) is 0 Å². The van der Waals surface area contributed by atoms with Crippen molar-refractivity contribution >= 4 is 44.8 Å². The number of hydrogen-bond donors (Lipinski definition) is 1. The van der Waals surface area contributed by atoms with Gasteiger partial charge in [-0.25, -0.2) is 0 Å². The first-order valence-corrected chi connectivity index (χ1v) is 7.77. The molecule has 100 valence electrons. The minimum absolute atomic E-state index is 0.681. The Labute approximate surface area is 127 Å². The van der Waals surface area contributed by atoms with Crippen molar-refractivity contribution in [2.24, 2.45) is 5.92 Å². The molecule has 1 N–H and O–H groups in total. The summed E-state index contributed by atoms with van der Waals surface area (Å²) < 4.78 is 0.921. The minimum Gasteiger partial charge on any atom is -0.369 e. The fourth-order valence-corrected chi connectivity index (χ4v) is 3.84. The maximum absolute atomic E-state index is 6.30. The summed E-state index contributed by atoms with van der Waals surface area (Å²) in [5, 5.41) is 4.84. The lowest BCUT2D eigenvalue weighted by Crippen LogP contribution is -2.26. The molecule has 18 heavy (non-hydrogen) atoms. The van der Waals surface area contributed by atoms with Gasteiger partial charge in [0.2, 0.25) is 0 Å². The smallest absolute Gasteiger partial charge is 0.0745 e. The van der Waals surface area contributed by atoms with Crippen LogP contribution in [0.1, 0.15) is 13.3 Å². The second-order valence-corrected chi connectivity index (χ2v) is 6.36. The zero-order chi connectivity index (χ0) is 13.1. The van der Waals surface area contributed by atoms with Gasteiger partial charge in [-0.1, -0.05) is 46.1 Å². The highest BCUT2D eigenvalue weighted by molar-refractivity contribution is 9.10. The van der Waals surface area contributed by atoms with Gasteiger partial charge in [0.05, 0.1) is 15.7 Å². The van der Waals surface area contributed by atoms with E-state index in [1.165, 1.54) is 6.42 Å². The van der Waals surface area contributed by atoms with Gasteiger partial charge in [0, 0.05) is 17.6 Å². The molecule has 1 saturated heterocycles. The summed E-state index contributed by atoms with van der Waals surface area (Å²) >= 11 is 16.0. The van der Waals surface area contributed by atoms with Crippen LogP contribution in [0.4, 0.5) is 5.69 Å². The van der Waals surface area contributed by atoms with Crippen molar-refractivity contribution in [3.8, 4) is 0 Å². The monoisotopic (exact) mass is 350 g/mol. The summed E-state index contributed by atoms with van der Waals surface area (Å²) in [6, 6.07) is 3.81. The maximum atomic E-state index is 6.30. The van der Waals surface area contributed by atoms with E-state index in [-0.39, 0.29) is 0 Å². The lowest BCUT2D eigenvalue weighted by molar-refractivity contribution is 0.528. The molecular formula is C13H17BrCl2N2. The quantitative estimate of drug-likeness (QED) is 0.874. The van der Waals surface area contributed by atoms with E-state index in [4.69, 9.17) is 23.2 Å². The van der Waals surface area contributed by atoms with Crippen LogP contribution >= 0.6 is 39.1 Å². The first kappa shape index (κ1) is 14.4. The van der Waals surface area contributed by atoms with E-state index in [2.05, 4.69) is 33.1 Å². The number of nitrogens with zero attached hydrogens (tertiary/aromatic N) is 1. The Balaban J connectivity index is 2.09. The minimum atomic E-state index is 0.681. The molecule has 0 saturated carbocycles. The first-order valence-electron chi connectivity index (χ1n) is 6.22. The van der Waals surface area contributed by atoms with E-state index in [1.807, 2.05) is 12.1 Å². The van der Waals surface area contributed by atoms with E-state index in [1.54, 1.807) is 0 Å². The Bertz CT molecular complexity index is 402. The second-order valence-electron chi connectivity index (χ2n) is 4.63. The van der Waals surface area contributed by atoms with Crippen LogP contribution in [0.25, 0.3) is 0 Å². The summed E-state index contributed by atoms with van der Waals surface area (Å²) in [4.78, 5) is 2.29. The van der Waals surface area contributed by atoms with E-state index < -0.39 is 0 Å². The highest BCUT2D eigenvalue weighted by Gasteiger charge is 2.25. The van der Waals surface area contributed by atoms with Gasteiger partial charge in [-0.05, 0) is 37.6 Å². The molecule has 0 amide bonds. The van der Waals surface area contributed by atoms with Crippen LogP contribution in [-0.2, 0) is 0 Å². The number of rotatable bonds is 4. The molecule has 1 aromatic rings. The summed E-state index contributed by atoms with van der Waals surface area (Å²) in [7, 11) is 0. The third-order valence-corrected chi connectivity index (χ3v) is 4.30. The normalized spacial score (nSPS) is 19.6. The SMILES string of the molecule is CCNCC1CCN(c2c(Cl)cc(Br)cc2Cl)C1. The van der Waals surface area contributed by atoms with Gasteiger partial charge in [0.25, 0.3) is 0 Å². The molecule has 0 aromatic heterocycles. The molecule has 1 aliphatic heterocycles. The fourth-order valence-electron chi connectivity index (χ4n) is 2.39. The number of halogens is 3. The van der Waals surface area contributed by atoms with Crippen molar-refractivity contribution < 1.29 is 0 Å². The molecule has 1 unspecified atom stereocenters. The van der Waals surface area contributed by atoms with E-state index in [0.717, 1.165) is 46.4 Å². The highest BCUT2D eigenvalue weighted by atomic mass is 79.9. The molecule has 1 atom stereocenters. The summed E-state index contributed by atoms with van der Waals surface area (Å²) in [5.74, 6) is 0.681. The molecule has 1 heterocycles. The highest BCUT2D eigenvalue weighted by Crippen LogP contribution is 2.38. The molecule has 0 bridgehead atoms. The third-order valence-electron chi connectivity index (χ3n) is 3.27. The second kappa shape index (κ2) is 6.47. The molecule has 0 radical (unpaired) electrons. The Kier molecular flexibility index (Phi) is 5.19. The summed E-state index contributed by atoms with van der Waals surface area (Å²) in [6.07, 6.45) is 1.19. The third kappa shape index (κ3) is 3.32. The molecule has 1 aliphatic rings. The van der Waals surface area contributed by atoms with Crippen LogP contribution in [0.3, 0.4) is 0 Å². The van der Waals surface area contributed by atoms with Crippen LogP contribution < -0.4 is 10.2 Å². The van der Waals surface area contributed by atoms with E-state index >= 15 is 0 Å². The fraction of sp³-hybridized carbons (Fsp3) is 0.538. The van der Waals surface area contributed by atoms with Crippen molar-refractivity contribution in [1.82, 2.24) is 5.32 Å². The predicted molar refractivity (Wildman–Crippen MR) is 83.0 cm³/mol. The van der Waals surface area contributed by atoms with Crippen LogP contribution in [-0.4, -0.2) is 26.2 Å². The molecular weight excluding hydrogens is 335 g/mol. The van der Waals surface area contributed by atoms with Crippen LogP contribution in [0, 0.1) is 5.92 Å². The number of anilines is 1. The largest absolute Gasteiger partial charge is 0.369 e. The van der Waals surface area contributed by atoms with Crippen molar-refractivity contribution in [3.05, 3.63) is 26.7 Å². The molecule has 1 fully saturated rings. The predicted octanol–water partition coefficient (Wildman–Crippen LogP) is 4.19. The van der Waals surface area contributed by atoms with E-state index in [0.29, 0.717) is 5.92 Å². The molecule has 0 aliphatic carbocycles. The van der Waals surface area contributed by atoms with Crippen molar-refractivity contribution in [1.29, 1.82) is 0 Å². The zero-order valence-corrected chi connectivity index (χ0v) is 13.4. The average molecular weight is 352 g/mol. The van der Waals surface area contributed by atoms with Gasteiger partial charge in [-0.2, -0.15) is 0 Å². The van der Waals surface area contributed by atoms with Crippen molar-refractivity contribution in [2.45, 2.75) is 13.3 Å². The van der Waals surface area contributed by atoms with Crippen LogP contribution in [0.2, 0.25) is 10.0 Å². The number of benzene rings is 1. The van der Waals surface area contributed by atoms with Gasteiger partial charge >= 0.3 is 0 Å². The zero-order valence-electron chi connectivity index (χ0n) is 10.3. The summed E-state index contributed by atoms with van der Waals surface area (Å²) in [5.41, 5.74) is 0.973. The van der Waals surface area contributed by atoms with Crippen LogP contribution in [0.15, 0.2) is 16.6 Å². The van der Waals surface area contributed by atoms with Crippen LogP contribution in [0.5, 0.6) is 0 Å². The number of nitrogens with one attached hydrogen (secondary N) is 1. The molecule has 0 spiro atoms. The maximum Gasteiger partial charge on any atom is 0.0745 e. The summed E-state index contributed by atoms with van der Waals surface area (Å²) in [6.45, 7) is 6.27. The van der Waals surface area contributed by atoms with Gasteiger partial charge in [0.1, 0.15) is 0 Å². The lowest BCUT2D eigenvalue weighted by Gasteiger charge is -2.22. The molecule has 1 aromatic carbocycles. The first-order chi connectivity index (χ1) is 8.61. The van der Waals surface area contributed by atoms with Gasteiger partial charge in [-0.15, -0.1) is 0 Å². The number of hydrogen-bond acceptors (Lipinski definition) is 2. The molecule has 2 rings (SSSR count). The Morgan fingerprint density at radius 2 is 2.06 bits per heavy atom. The van der Waals surface area contributed by atoms with Crippen molar-refractivity contribution in [2.75, 3.05) is 31.1 Å². The standard InChI is InChI=1S/C13H17BrCl2N2/c1-2-17-7-9-3-4-18(8-9)13-11(15)5-10(14)6-12(13)16/h5-6,9,17H,2-4,7-8H2,1H3. The van der Waals surface area contributed by atoms with E-state index in [9.17, 15) is 0 Å². The average Bonchev–Trinajstić information content (AvgIpc) is 2.73. The van der Waals surface area contributed by atoms with Crippen molar-refractivity contribution in [3.63, 3.8) is 0 Å². The molecule has 2 nitrogen and oxygen atoms in total. The Hall–Kier alpha value is 0.0400. The lowest BCUT2D eigenvalue weighted by atomic mass is 10.1. The Morgan fingerprint density at radius 3 is 2.67 bits per heavy atom. The van der Waals surface area contributed by atoms with Gasteiger partial charge < -0.3 is 10.2 Å². The Morgan fingerprint density at radius 1 is 1.39 bits per heavy atom. The molecule has 5 heteroatoms.